The average Bonchev–Trinajstić information content (AvgIpc) is 3.08. The van der Waals surface area contributed by atoms with Crippen molar-refractivity contribution in [1.29, 1.82) is 0 Å². The molecular weight excluding hydrogens is 304 g/mol. The normalized spacial score (nSPS) is 14.2. The number of fused-ring (bicyclic) bond motifs is 4. The Hall–Kier alpha value is -3.08. The van der Waals surface area contributed by atoms with E-state index in [0.717, 1.165) is 46.7 Å². The summed E-state index contributed by atoms with van der Waals surface area (Å²) < 4.78 is 10.8. The standard InChI is InChI=1S/C19H14N2O3/c22-19-20-17(12-6-8-15-16(9-12)24-10-23-15)14-7-5-11-3-1-2-4-13(11)18(14)21-19/h1-4,6,8-9H,5,7,10H2,(H,20,21,22). The lowest BCUT2D eigenvalue weighted by Crippen LogP contribution is -2.18. The Bertz CT molecular complexity index is 1020. The zero-order valence-corrected chi connectivity index (χ0v) is 12.8. The van der Waals surface area contributed by atoms with Gasteiger partial charge >= 0.3 is 5.69 Å². The van der Waals surface area contributed by atoms with Gasteiger partial charge in [0.25, 0.3) is 0 Å². The van der Waals surface area contributed by atoms with Gasteiger partial charge in [-0.1, -0.05) is 24.3 Å². The fourth-order valence-electron chi connectivity index (χ4n) is 3.50. The summed E-state index contributed by atoms with van der Waals surface area (Å²) in [5.41, 5.74) is 5.56. The minimum Gasteiger partial charge on any atom is -0.454 e. The van der Waals surface area contributed by atoms with Crippen LogP contribution >= 0.6 is 0 Å². The molecule has 2 heterocycles. The minimum atomic E-state index is -0.335. The molecule has 3 aromatic rings. The van der Waals surface area contributed by atoms with Crippen molar-refractivity contribution in [3.05, 3.63) is 64.1 Å². The van der Waals surface area contributed by atoms with E-state index in [1.54, 1.807) is 0 Å². The first-order valence-corrected chi connectivity index (χ1v) is 7.91. The third-order valence-electron chi connectivity index (χ3n) is 4.61. The number of hydrogen-bond acceptors (Lipinski definition) is 4. The number of nitrogens with zero attached hydrogens (tertiary/aromatic N) is 1. The molecule has 0 amide bonds. The van der Waals surface area contributed by atoms with Crippen LogP contribution < -0.4 is 15.2 Å². The molecule has 0 spiro atoms. The van der Waals surface area contributed by atoms with E-state index in [0.29, 0.717) is 5.75 Å². The number of aromatic amines is 1. The van der Waals surface area contributed by atoms with Crippen molar-refractivity contribution >= 4 is 0 Å². The number of rotatable bonds is 1. The van der Waals surface area contributed by atoms with E-state index in [4.69, 9.17) is 9.47 Å². The molecule has 1 aliphatic carbocycles. The van der Waals surface area contributed by atoms with Crippen LogP contribution in [0.5, 0.6) is 11.5 Å². The van der Waals surface area contributed by atoms with Gasteiger partial charge in [-0.05, 0) is 36.6 Å². The molecule has 5 nitrogen and oxygen atoms in total. The lowest BCUT2D eigenvalue weighted by Gasteiger charge is -2.21. The van der Waals surface area contributed by atoms with Gasteiger partial charge in [-0.15, -0.1) is 0 Å². The van der Waals surface area contributed by atoms with Gasteiger partial charge in [0.2, 0.25) is 6.79 Å². The van der Waals surface area contributed by atoms with Crippen LogP contribution in [0.3, 0.4) is 0 Å². The fraction of sp³-hybridized carbons (Fsp3) is 0.158. The van der Waals surface area contributed by atoms with Crippen LogP contribution in [0.1, 0.15) is 11.1 Å². The van der Waals surface area contributed by atoms with E-state index < -0.39 is 0 Å². The molecule has 5 heteroatoms. The highest BCUT2D eigenvalue weighted by Crippen LogP contribution is 2.39. The summed E-state index contributed by atoms with van der Waals surface area (Å²) in [6.07, 6.45) is 1.79. The number of aryl methyl sites for hydroxylation is 1. The molecule has 0 bridgehead atoms. The van der Waals surface area contributed by atoms with Gasteiger partial charge in [0.15, 0.2) is 11.5 Å². The predicted octanol–water partition coefficient (Wildman–Crippen LogP) is 2.93. The molecular formula is C19H14N2O3. The van der Waals surface area contributed by atoms with Crippen LogP contribution in [0.2, 0.25) is 0 Å². The van der Waals surface area contributed by atoms with Crippen LogP contribution in [0, 0.1) is 0 Å². The topological polar surface area (TPSA) is 64.2 Å². The van der Waals surface area contributed by atoms with Gasteiger partial charge in [-0.3, -0.25) is 0 Å². The van der Waals surface area contributed by atoms with Gasteiger partial charge in [0, 0.05) is 16.7 Å². The van der Waals surface area contributed by atoms with Gasteiger partial charge in [-0.25, -0.2) is 4.79 Å². The Morgan fingerprint density at radius 2 is 1.88 bits per heavy atom. The Morgan fingerprint density at radius 3 is 2.83 bits per heavy atom. The van der Waals surface area contributed by atoms with Gasteiger partial charge in [-0.2, -0.15) is 4.98 Å². The molecule has 2 aromatic carbocycles. The van der Waals surface area contributed by atoms with Crippen molar-refractivity contribution in [3.63, 3.8) is 0 Å². The van der Waals surface area contributed by atoms with E-state index in [2.05, 4.69) is 16.0 Å². The lowest BCUT2D eigenvalue weighted by atomic mass is 9.87. The Kier molecular flexibility index (Phi) is 2.76. The molecule has 24 heavy (non-hydrogen) atoms. The molecule has 1 aliphatic heterocycles. The Balaban J connectivity index is 1.74. The molecule has 118 valence electrons. The third kappa shape index (κ3) is 1.94. The predicted molar refractivity (Wildman–Crippen MR) is 89.3 cm³/mol. The van der Waals surface area contributed by atoms with Crippen molar-refractivity contribution in [1.82, 2.24) is 9.97 Å². The second-order valence-electron chi connectivity index (χ2n) is 5.97. The Labute approximate surface area is 137 Å². The van der Waals surface area contributed by atoms with E-state index in [1.807, 2.05) is 36.4 Å². The molecule has 0 unspecified atom stereocenters. The van der Waals surface area contributed by atoms with Crippen molar-refractivity contribution < 1.29 is 9.47 Å². The monoisotopic (exact) mass is 318 g/mol. The molecule has 1 N–H and O–H groups in total. The molecule has 0 atom stereocenters. The third-order valence-corrected chi connectivity index (χ3v) is 4.61. The van der Waals surface area contributed by atoms with Gasteiger partial charge in [0.1, 0.15) is 0 Å². The van der Waals surface area contributed by atoms with E-state index >= 15 is 0 Å². The first-order valence-electron chi connectivity index (χ1n) is 7.91. The van der Waals surface area contributed by atoms with Crippen LogP contribution in [-0.4, -0.2) is 16.8 Å². The summed E-state index contributed by atoms with van der Waals surface area (Å²) in [6, 6.07) is 13.9. The second-order valence-corrected chi connectivity index (χ2v) is 5.97. The summed E-state index contributed by atoms with van der Waals surface area (Å²) in [5, 5.41) is 0. The first-order chi connectivity index (χ1) is 11.8. The highest BCUT2D eigenvalue weighted by molar-refractivity contribution is 5.77. The van der Waals surface area contributed by atoms with Crippen molar-refractivity contribution in [2.75, 3.05) is 6.79 Å². The zero-order chi connectivity index (χ0) is 16.1. The largest absolute Gasteiger partial charge is 0.454 e. The fourth-order valence-corrected chi connectivity index (χ4v) is 3.50. The minimum absolute atomic E-state index is 0.229. The number of ether oxygens (including phenoxy) is 2. The second kappa shape index (κ2) is 4.96. The maximum absolute atomic E-state index is 12.2. The summed E-state index contributed by atoms with van der Waals surface area (Å²) >= 11 is 0. The van der Waals surface area contributed by atoms with Crippen LogP contribution in [0.4, 0.5) is 0 Å². The first kappa shape index (κ1) is 13.4. The summed E-state index contributed by atoms with van der Waals surface area (Å²) in [5.74, 6) is 1.42. The highest BCUT2D eigenvalue weighted by atomic mass is 16.7. The maximum atomic E-state index is 12.2. The van der Waals surface area contributed by atoms with Crippen molar-refractivity contribution in [3.8, 4) is 34.0 Å². The number of nitrogens with one attached hydrogen (secondary N) is 1. The molecule has 5 rings (SSSR count). The van der Waals surface area contributed by atoms with Crippen LogP contribution in [-0.2, 0) is 12.8 Å². The quantitative estimate of drug-likeness (QED) is 0.749. The van der Waals surface area contributed by atoms with E-state index in [9.17, 15) is 4.79 Å². The van der Waals surface area contributed by atoms with Gasteiger partial charge < -0.3 is 14.5 Å². The van der Waals surface area contributed by atoms with Gasteiger partial charge in [0.05, 0.1) is 11.4 Å². The van der Waals surface area contributed by atoms with E-state index in [-0.39, 0.29) is 12.5 Å². The maximum Gasteiger partial charge on any atom is 0.345 e. The number of benzene rings is 2. The molecule has 1 aromatic heterocycles. The summed E-state index contributed by atoms with van der Waals surface area (Å²) in [7, 11) is 0. The molecule has 2 aliphatic rings. The molecule has 0 saturated heterocycles. The smallest absolute Gasteiger partial charge is 0.345 e. The van der Waals surface area contributed by atoms with Crippen LogP contribution in [0.15, 0.2) is 47.3 Å². The van der Waals surface area contributed by atoms with Crippen molar-refractivity contribution in [2.45, 2.75) is 12.8 Å². The van der Waals surface area contributed by atoms with Crippen molar-refractivity contribution in [2.24, 2.45) is 0 Å². The number of hydrogen-bond donors (Lipinski definition) is 1. The van der Waals surface area contributed by atoms with E-state index in [1.165, 1.54) is 5.56 Å². The average molecular weight is 318 g/mol. The lowest BCUT2D eigenvalue weighted by molar-refractivity contribution is 0.174. The summed E-state index contributed by atoms with van der Waals surface area (Å²) in [4.78, 5) is 19.3. The number of aromatic nitrogens is 2. The Morgan fingerprint density at radius 1 is 1.00 bits per heavy atom. The molecule has 0 fully saturated rings. The SMILES string of the molecule is O=c1nc(-c2ccc3c(c2)OCO3)c2c([nH]1)-c1ccccc1CC2. The highest BCUT2D eigenvalue weighted by Gasteiger charge is 2.23. The molecule has 0 saturated carbocycles. The van der Waals surface area contributed by atoms with Crippen LogP contribution in [0.25, 0.3) is 22.5 Å². The number of H-pyrrole nitrogens is 1. The molecule has 0 radical (unpaired) electrons. The zero-order valence-electron chi connectivity index (χ0n) is 12.8. The summed E-state index contributed by atoms with van der Waals surface area (Å²) in [6.45, 7) is 0.229.